The lowest BCUT2D eigenvalue weighted by molar-refractivity contribution is -0.870. The highest BCUT2D eigenvalue weighted by Gasteiger charge is 2.22. The van der Waals surface area contributed by atoms with E-state index in [0.29, 0.717) is 17.4 Å². The number of rotatable bonds is 68. The molecular formula is C76H140NO8P. The van der Waals surface area contributed by atoms with Gasteiger partial charge in [0.25, 0.3) is 7.82 Å². The van der Waals surface area contributed by atoms with Crippen molar-refractivity contribution in [3.63, 3.8) is 0 Å². The Labute approximate surface area is 533 Å². The standard InChI is InChI=1S/C76H140NO8P/c1-6-8-10-12-14-16-18-20-22-24-26-28-29-30-31-32-33-34-35-36-37-38-39-40-41-42-43-44-45-46-47-49-51-53-55-57-59-61-63-65-67-69-76(79)85-74(73-84-86(80,81)83-71-70-77(3,4)5)72-82-75(78)68-66-64-62-60-58-56-54-52-50-48-27-25-23-21-19-17-15-13-11-9-7-2/h8,10,14,16,20,22,25-28,30-31,74H,6-7,9,11-13,15,17-19,21,23-24,29,32-73H2,1-5H3/b10-8-,16-14-,22-20-,27-25-,28-26-,31-30-. The highest BCUT2D eigenvalue weighted by atomic mass is 31.2. The first-order valence-corrected chi connectivity index (χ1v) is 38.1. The van der Waals surface area contributed by atoms with Gasteiger partial charge < -0.3 is 27.9 Å². The molecule has 0 heterocycles. The van der Waals surface area contributed by atoms with E-state index >= 15 is 0 Å². The van der Waals surface area contributed by atoms with Crippen LogP contribution in [0.25, 0.3) is 0 Å². The van der Waals surface area contributed by atoms with Crippen LogP contribution in [0.5, 0.6) is 0 Å². The Balaban J connectivity index is 3.91. The zero-order chi connectivity index (χ0) is 62.6. The molecule has 0 radical (unpaired) electrons. The summed E-state index contributed by atoms with van der Waals surface area (Å²) in [5, 5.41) is 0. The van der Waals surface area contributed by atoms with E-state index < -0.39 is 26.5 Å². The normalized spacial score (nSPS) is 13.5. The lowest BCUT2D eigenvalue weighted by atomic mass is 10.0. The van der Waals surface area contributed by atoms with Crippen LogP contribution in [0, 0.1) is 0 Å². The number of phosphoric ester groups is 1. The maximum absolute atomic E-state index is 12.9. The summed E-state index contributed by atoms with van der Waals surface area (Å²) in [7, 11) is 1.18. The van der Waals surface area contributed by atoms with Crippen molar-refractivity contribution in [1.82, 2.24) is 0 Å². The van der Waals surface area contributed by atoms with Crippen LogP contribution in [0.4, 0.5) is 0 Å². The molecule has 10 heteroatoms. The Hall–Kier alpha value is -2.55. The largest absolute Gasteiger partial charge is 0.756 e. The number of esters is 2. The number of allylic oxidation sites excluding steroid dienone is 12. The Morgan fingerprint density at radius 2 is 0.663 bits per heavy atom. The number of unbranched alkanes of at least 4 members (excludes halogenated alkanes) is 42. The lowest BCUT2D eigenvalue weighted by Gasteiger charge is -2.28. The van der Waals surface area contributed by atoms with Crippen LogP contribution in [-0.2, 0) is 32.7 Å². The summed E-state index contributed by atoms with van der Waals surface area (Å²) in [6, 6.07) is 0. The van der Waals surface area contributed by atoms with Crippen LogP contribution in [-0.4, -0.2) is 70.0 Å². The number of likely N-dealkylation sites (N-methyl/N-ethyl adjacent to an activating group) is 1. The van der Waals surface area contributed by atoms with Gasteiger partial charge >= 0.3 is 11.9 Å². The highest BCUT2D eigenvalue weighted by molar-refractivity contribution is 7.45. The van der Waals surface area contributed by atoms with Crippen LogP contribution in [0.15, 0.2) is 72.9 Å². The molecule has 0 fully saturated rings. The van der Waals surface area contributed by atoms with Gasteiger partial charge in [0.2, 0.25) is 0 Å². The van der Waals surface area contributed by atoms with Gasteiger partial charge in [-0.1, -0.05) is 324 Å². The molecule has 0 saturated heterocycles. The molecule has 0 aliphatic carbocycles. The van der Waals surface area contributed by atoms with E-state index in [1.165, 1.54) is 250 Å². The molecule has 0 aromatic carbocycles. The van der Waals surface area contributed by atoms with Crippen molar-refractivity contribution in [3.8, 4) is 0 Å². The molecular weight excluding hydrogens is 1090 g/mol. The first-order valence-electron chi connectivity index (χ1n) is 36.6. The quantitative estimate of drug-likeness (QED) is 0.0195. The van der Waals surface area contributed by atoms with E-state index in [-0.39, 0.29) is 32.0 Å². The van der Waals surface area contributed by atoms with E-state index in [0.717, 1.165) is 64.2 Å². The third kappa shape index (κ3) is 70.5. The number of quaternary nitrogens is 1. The molecule has 0 N–H and O–H groups in total. The molecule has 0 saturated carbocycles. The number of carbonyl (C=O) groups is 2. The second-order valence-corrected chi connectivity index (χ2v) is 27.3. The van der Waals surface area contributed by atoms with Crippen LogP contribution < -0.4 is 4.89 Å². The minimum Gasteiger partial charge on any atom is -0.756 e. The molecule has 2 unspecified atom stereocenters. The Morgan fingerprint density at radius 3 is 1.00 bits per heavy atom. The molecule has 86 heavy (non-hydrogen) atoms. The smallest absolute Gasteiger partial charge is 0.306 e. The maximum Gasteiger partial charge on any atom is 0.306 e. The van der Waals surface area contributed by atoms with Gasteiger partial charge in [-0.15, -0.1) is 0 Å². The van der Waals surface area contributed by atoms with E-state index in [1.807, 2.05) is 21.1 Å². The van der Waals surface area contributed by atoms with E-state index in [2.05, 4.69) is 86.8 Å². The van der Waals surface area contributed by atoms with Gasteiger partial charge in [0.15, 0.2) is 6.10 Å². The fraction of sp³-hybridized carbons (Fsp3) is 0.816. The Bertz CT molecular complexity index is 1680. The molecule has 0 aromatic rings. The van der Waals surface area contributed by atoms with E-state index in [9.17, 15) is 19.0 Å². The van der Waals surface area contributed by atoms with Gasteiger partial charge in [0.1, 0.15) is 19.8 Å². The van der Waals surface area contributed by atoms with E-state index in [1.54, 1.807) is 0 Å². The fourth-order valence-electron chi connectivity index (χ4n) is 10.6. The topological polar surface area (TPSA) is 111 Å². The van der Waals surface area contributed by atoms with Crippen molar-refractivity contribution in [2.75, 3.05) is 47.5 Å². The van der Waals surface area contributed by atoms with Crippen molar-refractivity contribution >= 4 is 19.8 Å². The van der Waals surface area contributed by atoms with Gasteiger partial charge in [-0.05, 0) is 83.5 Å². The summed E-state index contributed by atoms with van der Waals surface area (Å²) in [5.74, 6) is -0.818. The molecule has 502 valence electrons. The second kappa shape index (κ2) is 66.9. The number of hydrogen-bond donors (Lipinski definition) is 0. The maximum atomic E-state index is 12.9. The summed E-state index contributed by atoms with van der Waals surface area (Å²) in [5.41, 5.74) is 0. The van der Waals surface area contributed by atoms with Gasteiger partial charge in [-0.2, -0.15) is 0 Å². The van der Waals surface area contributed by atoms with Crippen LogP contribution in [0.3, 0.4) is 0 Å². The summed E-state index contributed by atoms with van der Waals surface area (Å²) in [6.07, 6.45) is 90.1. The molecule has 9 nitrogen and oxygen atoms in total. The average Bonchev–Trinajstić information content (AvgIpc) is 3.70. The molecule has 0 bridgehead atoms. The molecule has 0 rings (SSSR count). The number of phosphoric acid groups is 1. The SMILES string of the molecule is CC/C=C\C/C=C\C/C=C\C/C=C\C/C=C\CCCCCCCCCCCCCCCCCCCCCCCCCCCC(=O)OC(COC(=O)CCCCCCCCCCC/C=C\CCCCCCCCCC)COP(=O)([O-])OCC[N+](C)(C)C. The van der Waals surface area contributed by atoms with Crippen molar-refractivity contribution in [3.05, 3.63) is 72.9 Å². The lowest BCUT2D eigenvalue weighted by Crippen LogP contribution is -2.37. The first-order chi connectivity index (χ1) is 42.0. The first kappa shape index (κ1) is 83.5. The predicted molar refractivity (Wildman–Crippen MR) is 370 cm³/mol. The summed E-state index contributed by atoms with van der Waals surface area (Å²) in [4.78, 5) is 38.1. The van der Waals surface area contributed by atoms with Crippen molar-refractivity contribution < 1.29 is 42.1 Å². The molecule has 0 aliphatic heterocycles. The van der Waals surface area contributed by atoms with Gasteiger partial charge in [-0.3, -0.25) is 14.2 Å². The van der Waals surface area contributed by atoms with Crippen molar-refractivity contribution in [2.24, 2.45) is 0 Å². The number of nitrogens with zero attached hydrogens (tertiary/aromatic N) is 1. The molecule has 2 atom stereocenters. The fourth-order valence-corrected chi connectivity index (χ4v) is 11.4. The minimum atomic E-state index is -4.64. The molecule has 0 aliphatic rings. The summed E-state index contributed by atoms with van der Waals surface area (Å²) >= 11 is 0. The third-order valence-corrected chi connectivity index (χ3v) is 17.2. The summed E-state index contributed by atoms with van der Waals surface area (Å²) in [6.45, 7) is 4.17. The van der Waals surface area contributed by atoms with Gasteiger partial charge in [0, 0.05) is 12.8 Å². The second-order valence-electron chi connectivity index (χ2n) is 25.9. The van der Waals surface area contributed by atoms with Crippen molar-refractivity contribution in [2.45, 2.75) is 354 Å². The van der Waals surface area contributed by atoms with Gasteiger partial charge in [0.05, 0.1) is 27.7 Å². The number of ether oxygens (including phenoxy) is 2. The Kier molecular flexibility index (Phi) is 64.9. The zero-order valence-corrected chi connectivity index (χ0v) is 58.2. The third-order valence-electron chi connectivity index (χ3n) is 16.2. The van der Waals surface area contributed by atoms with Crippen LogP contribution in [0.2, 0.25) is 0 Å². The Morgan fingerprint density at radius 1 is 0.372 bits per heavy atom. The predicted octanol–water partition coefficient (Wildman–Crippen LogP) is 23.3. The van der Waals surface area contributed by atoms with Gasteiger partial charge in [-0.25, -0.2) is 0 Å². The zero-order valence-electron chi connectivity index (χ0n) is 57.3. The molecule has 0 spiro atoms. The van der Waals surface area contributed by atoms with Crippen LogP contribution in [0.1, 0.15) is 348 Å². The van der Waals surface area contributed by atoms with Crippen LogP contribution >= 0.6 is 7.82 Å². The average molecular weight is 1230 g/mol. The number of carbonyl (C=O) groups excluding carboxylic acids is 2. The van der Waals surface area contributed by atoms with Crippen molar-refractivity contribution in [1.29, 1.82) is 0 Å². The number of hydrogen-bond acceptors (Lipinski definition) is 8. The van der Waals surface area contributed by atoms with E-state index in [4.69, 9.17) is 18.5 Å². The minimum absolute atomic E-state index is 0.0298. The molecule has 0 amide bonds. The summed E-state index contributed by atoms with van der Waals surface area (Å²) < 4.78 is 34.3. The molecule has 0 aromatic heterocycles. The highest BCUT2D eigenvalue weighted by Crippen LogP contribution is 2.38. The monoisotopic (exact) mass is 1230 g/mol.